The van der Waals surface area contributed by atoms with Crippen molar-refractivity contribution in [3.8, 4) is 11.5 Å². The van der Waals surface area contributed by atoms with Crippen molar-refractivity contribution >= 4 is 44.6 Å². The van der Waals surface area contributed by atoms with Crippen LogP contribution in [0.4, 0.5) is 17.1 Å². The molecule has 0 aromatic heterocycles. The van der Waals surface area contributed by atoms with Gasteiger partial charge in [0.2, 0.25) is 0 Å². The van der Waals surface area contributed by atoms with E-state index in [2.05, 4.69) is 33.0 Å². The van der Waals surface area contributed by atoms with Gasteiger partial charge in [-0.1, -0.05) is 57.9 Å². The van der Waals surface area contributed by atoms with E-state index in [4.69, 9.17) is 16.3 Å². The van der Waals surface area contributed by atoms with Crippen molar-refractivity contribution in [3.05, 3.63) is 76.2 Å². The topological polar surface area (TPSA) is 12.5 Å². The Labute approximate surface area is 142 Å². The zero-order valence-corrected chi connectivity index (χ0v) is 13.8. The molecule has 1 aliphatic rings. The third-order valence-corrected chi connectivity index (χ3v) is 4.30. The van der Waals surface area contributed by atoms with Crippen molar-refractivity contribution in [3.63, 3.8) is 0 Å². The molecule has 0 unspecified atom stereocenters. The molecular weight excluding hydrogens is 362 g/mol. The molecule has 1 heterocycles. The fourth-order valence-electron chi connectivity index (χ4n) is 2.64. The molecule has 0 bridgehead atoms. The first-order valence-corrected chi connectivity index (χ1v) is 8.02. The Morgan fingerprint density at radius 2 is 1.59 bits per heavy atom. The number of rotatable bonds is 1. The summed E-state index contributed by atoms with van der Waals surface area (Å²) >= 11 is 9.90. The molecular formula is C18H11BrClNO. The van der Waals surface area contributed by atoms with Gasteiger partial charge in [-0.2, -0.15) is 0 Å². The summed E-state index contributed by atoms with van der Waals surface area (Å²) < 4.78 is 6.94. The summed E-state index contributed by atoms with van der Waals surface area (Å²) in [6.45, 7) is 0. The normalized spacial score (nSPS) is 12.4. The molecule has 3 aromatic rings. The minimum absolute atomic E-state index is 0.583. The van der Waals surface area contributed by atoms with Crippen LogP contribution in [0.2, 0.25) is 5.02 Å². The standard InChI is InChI=1S/C18H11BrClNO/c19-12-10-14(20)18-16(11-12)21(13-6-2-1-3-7-13)15-8-4-5-9-17(15)22-18/h1-11H. The maximum Gasteiger partial charge on any atom is 0.170 e. The average molecular weight is 373 g/mol. The Balaban J connectivity index is 2.01. The maximum absolute atomic E-state index is 6.39. The Hall–Kier alpha value is -1.97. The predicted octanol–water partition coefficient (Wildman–Crippen LogP) is 6.68. The summed E-state index contributed by atoms with van der Waals surface area (Å²) in [5, 5.41) is 0.583. The van der Waals surface area contributed by atoms with Gasteiger partial charge in [-0.3, -0.25) is 0 Å². The minimum atomic E-state index is 0.583. The highest BCUT2D eigenvalue weighted by Crippen LogP contribution is 2.53. The fourth-order valence-corrected chi connectivity index (χ4v) is 3.47. The number of hydrogen-bond donors (Lipinski definition) is 0. The van der Waals surface area contributed by atoms with Gasteiger partial charge in [0, 0.05) is 10.2 Å². The zero-order valence-electron chi connectivity index (χ0n) is 11.5. The number of halogens is 2. The fraction of sp³-hybridized carbons (Fsp3) is 0. The monoisotopic (exact) mass is 371 g/mol. The Kier molecular flexibility index (Phi) is 3.32. The second kappa shape index (κ2) is 5.34. The first-order valence-electron chi connectivity index (χ1n) is 6.85. The number of ether oxygens (including phenoxy) is 1. The smallest absolute Gasteiger partial charge is 0.170 e. The van der Waals surface area contributed by atoms with Gasteiger partial charge in [0.05, 0.1) is 16.4 Å². The van der Waals surface area contributed by atoms with E-state index in [1.54, 1.807) is 0 Å². The predicted molar refractivity (Wildman–Crippen MR) is 93.9 cm³/mol. The number of benzene rings is 3. The first kappa shape index (κ1) is 13.7. The molecule has 0 spiro atoms. The van der Waals surface area contributed by atoms with E-state index < -0.39 is 0 Å². The molecule has 0 atom stereocenters. The molecule has 1 aliphatic heterocycles. The molecule has 3 aromatic carbocycles. The molecule has 0 aliphatic carbocycles. The number of nitrogens with zero attached hydrogens (tertiary/aromatic N) is 1. The molecule has 4 rings (SSSR count). The summed E-state index contributed by atoms with van der Waals surface area (Å²) in [6, 6.07) is 22.0. The minimum Gasteiger partial charge on any atom is -0.451 e. The van der Waals surface area contributed by atoms with E-state index >= 15 is 0 Å². The SMILES string of the molecule is Clc1cc(Br)cc2c1Oc1ccccc1N2c1ccccc1. The van der Waals surface area contributed by atoms with Crippen molar-refractivity contribution < 1.29 is 4.74 Å². The lowest BCUT2D eigenvalue weighted by Crippen LogP contribution is -2.15. The van der Waals surface area contributed by atoms with Gasteiger partial charge in [0.25, 0.3) is 0 Å². The van der Waals surface area contributed by atoms with Crippen LogP contribution in [0, 0.1) is 0 Å². The van der Waals surface area contributed by atoms with Crippen molar-refractivity contribution in [2.24, 2.45) is 0 Å². The summed E-state index contributed by atoms with van der Waals surface area (Å²) in [4.78, 5) is 2.16. The van der Waals surface area contributed by atoms with Crippen LogP contribution in [-0.2, 0) is 0 Å². The van der Waals surface area contributed by atoms with Crippen LogP contribution >= 0.6 is 27.5 Å². The van der Waals surface area contributed by atoms with Crippen molar-refractivity contribution in [1.29, 1.82) is 0 Å². The molecule has 4 heteroatoms. The third-order valence-electron chi connectivity index (χ3n) is 3.56. The van der Waals surface area contributed by atoms with Gasteiger partial charge in [-0.25, -0.2) is 0 Å². The third kappa shape index (κ3) is 2.18. The number of anilines is 3. The van der Waals surface area contributed by atoms with Gasteiger partial charge in [-0.05, 0) is 36.4 Å². The van der Waals surface area contributed by atoms with Gasteiger partial charge in [-0.15, -0.1) is 0 Å². The van der Waals surface area contributed by atoms with E-state index in [0.717, 1.165) is 27.3 Å². The van der Waals surface area contributed by atoms with E-state index in [1.807, 2.05) is 54.6 Å². The van der Waals surface area contributed by atoms with Crippen molar-refractivity contribution in [1.82, 2.24) is 0 Å². The molecule has 0 N–H and O–H groups in total. The molecule has 22 heavy (non-hydrogen) atoms. The average Bonchev–Trinajstić information content (AvgIpc) is 2.54. The zero-order chi connectivity index (χ0) is 15.1. The van der Waals surface area contributed by atoms with Gasteiger partial charge >= 0.3 is 0 Å². The summed E-state index contributed by atoms with van der Waals surface area (Å²) in [6.07, 6.45) is 0. The molecule has 108 valence electrons. The molecule has 0 radical (unpaired) electrons. The quantitative estimate of drug-likeness (QED) is 0.369. The lowest BCUT2D eigenvalue weighted by Gasteiger charge is -2.33. The number of para-hydroxylation sites is 3. The Morgan fingerprint density at radius 3 is 2.41 bits per heavy atom. The van der Waals surface area contributed by atoms with Crippen LogP contribution < -0.4 is 9.64 Å². The van der Waals surface area contributed by atoms with Crippen LogP contribution in [-0.4, -0.2) is 0 Å². The number of hydrogen-bond acceptors (Lipinski definition) is 2. The van der Waals surface area contributed by atoms with Gasteiger partial charge in [0.1, 0.15) is 0 Å². The molecule has 0 saturated heterocycles. The first-order chi connectivity index (χ1) is 10.7. The lowest BCUT2D eigenvalue weighted by atomic mass is 10.1. The largest absolute Gasteiger partial charge is 0.451 e. The van der Waals surface area contributed by atoms with Gasteiger partial charge < -0.3 is 9.64 Å². The summed E-state index contributed by atoms with van der Waals surface area (Å²) in [5.74, 6) is 1.47. The Morgan fingerprint density at radius 1 is 0.864 bits per heavy atom. The Bertz CT molecular complexity index is 851. The second-order valence-electron chi connectivity index (χ2n) is 4.98. The molecule has 2 nitrogen and oxygen atoms in total. The van der Waals surface area contributed by atoms with Crippen LogP contribution in [0.25, 0.3) is 0 Å². The lowest BCUT2D eigenvalue weighted by molar-refractivity contribution is 0.477. The molecule has 0 amide bonds. The van der Waals surface area contributed by atoms with Crippen molar-refractivity contribution in [2.45, 2.75) is 0 Å². The molecule has 0 saturated carbocycles. The van der Waals surface area contributed by atoms with E-state index in [9.17, 15) is 0 Å². The highest BCUT2D eigenvalue weighted by Gasteiger charge is 2.27. The highest BCUT2D eigenvalue weighted by molar-refractivity contribution is 9.10. The van der Waals surface area contributed by atoms with Crippen molar-refractivity contribution in [2.75, 3.05) is 4.90 Å². The number of fused-ring (bicyclic) bond motifs is 2. The molecule has 0 fully saturated rings. The van der Waals surface area contributed by atoms with E-state index in [-0.39, 0.29) is 0 Å². The van der Waals surface area contributed by atoms with Crippen LogP contribution in [0.1, 0.15) is 0 Å². The summed E-state index contributed by atoms with van der Waals surface area (Å²) in [7, 11) is 0. The maximum atomic E-state index is 6.39. The van der Waals surface area contributed by atoms with E-state index in [0.29, 0.717) is 10.8 Å². The van der Waals surface area contributed by atoms with Crippen LogP contribution in [0.5, 0.6) is 11.5 Å². The van der Waals surface area contributed by atoms with Crippen LogP contribution in [0.15, 0.2) is 71.2 Å². The van der Waals surface area contributed by atoms with Crippen LogP contribution in [0.3, 0.4) is 0 Å². The highest BCUT2D eigenvalue weighted by atomic mass is 79.9. The van der Waals surface area contributed by atoms with E-state index in [1.165, 1.54) is 0 Å². The summed E-state index contributed by atoms with van der Waals surface area (Å²) in [5.41, 5.74) is 2.98. The second-order valence-corrected chi connectivity index (χ2v) is 6.30. The van der Waals surface area contributed by atoms with Gasteiger partial charge in [0.15, 0.2) is 11.5 Å².